The largest absolute Gasteiger partial charge is 0.349 e. The normalized spacial score (nSPS) is 24.1. The Balaban J connectivity index is 2.02. The number of nitrogens with one attached hydrogen (secondary N) is 1. The van der Waals surface area contributed by atoms with Gasteiger partial charge in [-0.15, -0.1) is 0 Å². The van der Waals surface area contributed by atoms with Crippen molar-refractivity contribution in [3.05, 3.63) is 34.9 Å². The predicted octanol–water partition coefficient (Wildman–Crippen LogP) is 3.42. The second kappa shape index (κ2) is 7.09. The lowest BCUT2D eigenvalue weighted by atomic mass is 9.84. The van der Waals surface area contributed by atoms with E-state index in [2.05, 4.69) is 12.2 Å². The average molecular weight is 295 g/mol. The molecule has 0 saturated heterocycles. The summed E-state index contributed by atoms with van der Waals surface area (Å²) in [6.07, 6.45) is 4.96. The highest BCUT2D eigenvalue weighted by Gasteiger charge is 2.29. The summed E-state index contributed by atoms with van der Waals surface area (Å²) in [6, 6.07) is 7.70. The zero-order valence-electron chi connectivity index (χ0n) is 11.9. The van der Waals surface area contributed by atoms with E-state index in [1.54, 1.807) is 0 Å². The second-order valence-electron chi connectivity index (χ2n) is 5.58. The molecule has 0 aliphatic heterocycles. The SMILES string of the molecule is CCC(NC(=O)C1CCCCC1N)c1ccc(Cl)cc1. The summed E-state index contributed by atoms with van der Waals surface area (Å²) < 4.78 is 0. The summed E-state index contributed by atoms with van der Waals surface area (Å²) in [4.78, 5) is 12.4. The van der Waals surface area contributed by atoms with Gasteiger partial charge in [-0.3, -0.25) is 4.79 Å². The number of benzene rings is 1. The molecule has 20 heavy (non-hydrogen) atoms. The fourth-order valence-corrected chi connectivity index (χ4v) is 3.01. The minimum atomic E-state index is -0.0369. The third-order valence-corrected chi connectivity index (χ3v) is 4.41. The Kier molecular flexibility index (Phi) is 5.44. The molecular formula is C16H23ClN2O. The van der Waals surface area contributed by atoms with Crippen LogP contribution in [0.4, 0.5) is 0 Å². The van der Waals surface area contributed by atoms with Gasteiger partial charge in [0.2, 0.25) is 5.91 Å². The summed E-state index contributed by atoms with van der Waals surface area (Å²) >= 11 is 5.90. The molecule has 0 bridgehead atoms. The van der Waals surface area contributed by atoms with Gasteiger partial charge in [-0.25, -0.2) is 0 Å². The van der Waals surface area contributed by atoms with Crippen molar-refractivity contribution < 1.29 is 4.79 Å². The molecule has 0 spiro atoms. The van der Waals surface area contributed by atoms with E-state index in [9.17, 15) is 4.79 Å². The fourth-order valence-electron chi connectivity index (χ4n) is 2.88. The first-order chi connectivity index (χ1) is 9.61. The Morgan fingerprint density at radius 2 is 2.00 bits per heavy atom. The predicted molar refractivity (Wildman–Crippen MR) is 82.6 cm³/mol. The first-order valence-corrected chi connectivity index (χ1v) is 7.81. The summed E-state index contributed by atoms with van der Waals surface area (Å²) in [5, 5.41) is 3.85. The van der Waals surface area contributed by atoms with Crippen molar-refractivity contribution in [1.29, 1.82) is 0 Å². The van der Waals surface area contributed by atoms with Gasteiger partial charge in [0.25, 0.3) is 0 Å². The molecule has 1 aromatic carbocycles. The molecule has 1 fully saturated rings. The summed E-state index contributed by atoms with van der Waals surface area (Å²) in [6.45, 7) is 2.07. The smallest absolute Gasteiger partial charge is 0.225 e. The van der Waals surface area contributed by atoms with Gasteiger partial charge in [-0.2, -0.15) is 0 Å². The van der Waals surface area contributed by atoms with Crippen molar-refractivity contribution in [2.45, 2.75) is 51.1 Å². The molecule has 3 atom stereocenters. The van der Waals surface area contributed by atoms with Crippen molar-refractivity contribution in [2.75, 3.05) is 0 Å². The minimum Gasteiger partial charge on any atom is -0.349 e. The van der Waals surface area contributed by atoms with E-state index in [4.69, 9.17) is 17.3 Å². The van der Waals surface area contributed by atoms with Crippen molar-refractivity contribution in [1.82, 2.24) is 5.32 Å². The van der Waals surface area contributed by atoms with Crippen LogP contribution in [-0.2, 0) is 4.79 Å². The molecule has 3 unspecified atom stereocenters. The van der Waals surface area contributed by atoms with E-state index < -0.39 is 0 Å². The van der Waals surface area contributed by atoms with E-state index in [1.807, 2.05) is 24.3 Å². The Bertz CT molecular complexity index is 446. The van der Waals surface area contributed by atoms with Crippen LogP contribution >= 0.6 is 11.6 Å². The molecule has 1 aliphatic rings. The fraction of sp³-hybridized carbons (Fsp3) is 0.562. The first-order valence-electron chi connectivity index (χ1n) is 7.43. The molecule has 0 heterocycles. The lowest BCUT2D eigenvalue weighted by Crippen LogP contribution is -2.44. The second-order valence-corrected chi connectivity index (χ2v) is 6.01. The van der Waals surface area contributed by atoms with Gasteiger partial charge in [0.05, 0.1) is 12.0 Å². The lowest BCUT2D eigenvalue weighted by Gasteiger charge is -2.29. The number of carbonyl (C=O) groups excluding carboxylic acids is 1. The minimum absolute atomic E-state index is 0.00599. The van der Waals surface area contributed by atoms with Gasteiger partial charge in [-0.05, 0) is 37.0 Å². The molecule has 0 aromatic heterocycles. The van der Waals surface area contributed by atoms with Gasteiger partial charge < -0.3 is 11.1 Å². The van der Waals surface area contributed by atoms with Crippen molar-refractivity contribution >= 4 is 17.5 Å². The van der Waals surface area contributed by atoms with E-state index in [0.717, 1.165) is 37.7 Å². The summed E-state index contributed by atoms with van der Waals surface area (Å²) in [5.41, 5.74) is 7.17. The molecule has 1 aromatic rings. The van der Waals surface area contributed by atoms with E-state index in [0.29, 0.717) is 5.02 Å². The summed E-state index contributed by atoms with van der Waals surface area (Å²) in [7, 11) is 0. The van der Waals surface area contributed by atoms with Gasteiger partial charge in [0.15, 0.2) is 0 Å². The van der Waals surface area contributed by atoms with Crippen LogP contribution in [0.15, 0.2) is 24.3 Å². The van der Waals surface area contributed by atoms with Crippen LogP contribution in [0.25, 0.3) is 0 Å². The highest BCUT2D eigenvalue weighted by Crippen LogP contribution is 2.25. The molecule has 3 nitrogen and oxygen atoms in total. The third kappa shape index (κ3) is 3.74. The average Bonchev–Trinajstić information content (AvgIpc) is 2.46. The summed E-state index contributed by atoms with van der Waals surface area (Å²) in [5.74, 6) is 0.0594. The Hall–Kier alpha value is -1.06. The number of halogens is 1. The van der Waals surface area contributed by atoms with Gasteiger partial charge in [0, 0.05) is 11.1 Å². The van der Waals surface area contributed by atoms with Crippen molar-refractivity contribution in [3.8, 4) is 0 Å². The zero-order valence-corrected chi connectivity index (χ0v) is 12.7. The molecule has 0 radical (unpaired) electrons. The van der Waals surface area contributed by atoms with Crippen LogP contribution in [0.3, 0.4) is 0 Å². The van der Waals surface area contributed by atoms with Gasteiger partial charge >= 0.3 is 0 Å². The molecule has 4 heteroatoms. The molecule has 1 aliphatic carbocycles. The maximum Gasteiger partial charge on any atom is 0.225 e. The first kappa shape index (κ1) is 15.3. The van der Waals surface area contributed by atoms with Crippen LogP contribution in [0.5, 0.6) is 0 Å². The molecule has 110 valence electrons. The van der Waals surface area contributed by atoms with Crippen LogP contribution in [-0.4, -0.2) is 11.9 Å². The maximum absolute atomic E-state index is 12.4. The number of amides is 1. The van der Waals surface area contributed by atoms with Gasteiger partial charge in [0.1, 0.15) is 0 Å². The Labute approximate surface area is 125 Å². The van der Waals surface area contributed by atoms with Crippen molar-refractivity contribution in [3.63, 3.8) is 0 Å². The highest BCUT2D eigenvalue weighted by atomic mass is 35.5. The van der Waals surface area contributed by atoms with E-state index in [1.165, 1.54) is 0 Å². The highest BCUT2D eigenvalue weighted by molar-refractivity contribution is 6.30. The number of hydrogen-bond donors (Lipinski definition) is 2. The van der Waals surface area contributed by atoms with Crippen LogP contribution in [0.1, 0.15) is 50.6 Å². The quantitative estimate of drug-likeness (QED) is 0.894. The molecular weight excluding hydrogens is 272 g/mol. The third-order valence-electron chi connectivity index (χ3n) is 4.15. The molecule has 2 rings (SSSR count). The van der Waals surface area contributed by atoms with Gasteiger partial charge in [-0.1, -0.05) is 43.5 Å². The maximum atomic E-state index is 12.4. The topological polar surface area (TPSA) is 55.1 Å². The Morgan fingerprint density at radius 3 is 2.60 bits per heavy atom. The van der Waals surface area contributed by atoms with Crippen LogP contribution < -0.4 is 11.1 Å². The molecule has 1 amide bonds. The Morgan fingerprint density at radius 1 is 1.35 bits per heavy atom. The monoisotopic (exact) mass is 294 g/mol. The van der Waals surface area contributed by atoms with Crippen molar-refractivity contribution in [2.24, 2.45) is 11.7 Å². The number of carbonyl (C=O) groups is 1. The standard InChI is InChI=1S/C16H23ClN2O/c1-2-15(11-7-9-12(17)10-8-11)19-16(20)13-5-3-4-6-14(13)18/h7-10,13-15H,2-6,18H2,1H3,(H,19,20). The number of hydrogen-bond acceptors (Lipinski definition) is 2. The molecule has 3 N–H and O–H groups in total. The molecule has 1 saturated carbocycles. The van der Waals surface area contributed by atoms with E-state index in [-0.39, 0.29) is 23.9 Å². The van der Waals surface area contributed by atoms with E-state index >= 15 is 0 Å². The zero-order chi connectivity index (χ0) is 14.5. The number of nitrogens with two attached hydrogens (primary N) is 1. The number of rotatable bonds is 4. The van der Waals surface area contributed by atoms with Crippen LogP contribution in [0, 0.1) is 5.92 Å². The van der Waals surface area contributed by atoms with Crippen LogP contribution in [0.2, 0.25) is 5.02 Å². The lowest BCUT2D eigenvalue weighted by molar-refractivity contribution is -0.127.